The number of nitrogens with one attached hydrogen (secondary N) is 1. The molecule has 1 saturated carbocycles. The average Bonchev–Trinajstić information content (AvgIpc) is 3.39. The van der Waals surface area contributed by atoms with Crippen molar-refractivity contribution in [3.05, 3.63) is 48.3 Å². The number of carbonyl (C=O) groups excluding carboxylic acids is 1. The number of hydrogen-bond acceptors (Lipinski definition) is 5. The number of ether oxygens (including phenoxy) is 1. The maximum Gasteiger partial charge on any atom is 0.410 e. The SMILES string of the molecule is CC(C)(C)OC(=O)N1C[C@H](Nc2cccc(-c3cnc4ccc(C5(C(F)(F)F)CC5)cn34)n2)[C@@H](F)C1. The maximum atomic E-state index is 14.7. The predicted molar refractivity (Wildman–Crippen MR) is 126 cm³/mol. The van der Waals surface area contributed by atoms with E-state index in [1.165, 1.54) is 17.2 Å². The fourth-order valence-electron chi connectivity index (χ4n) is 4.54. The first-order valence-electron chi connectivity index (χ1n) is 11.8. The van der Waals surface area contributed by atoms with Crippen molar-refractivity contribution in [1.29, 1.82) is 0 Å². The van der Waals surface area contributed by atoms with Crippen molar-refractivity contribution in [2.45, 2.75) is 63.0 Å². The Morgan fingerprint density at radius 2 is 1.89 bits per heavy atom. The van der Waals surface area contributed by atoms with E-state index in [2.05, 4.69) is 15.3 Å². The highest BCUT2D eigenvalue weighted by molar-refractivity contribution is 5.69. The molecule has 0 spiro atoms. The first-order valence-corrected chi connectivity index (χ1v) is 11.8. The zero-order valence-corrected chi connectivity index (χ0v) is 20.1. The van der Waals surface area contributed by atoms with E-state index < -0.39 is 35.5 Å². The molecular weight excluding hydrogens is 478 g/mol. The number of hydrogen-bond donors (Lipinski definition) is 1. The molecule has 2 aliphatic rings. The van der Waals surface area contributed by atoms with Crippen LogP contribution in [-0.4, -0.2) is 62.4 Å². The average molecular weight is 506 g/mol. The van der Waals surface area contributed by atoms with E-state index in [9.17, 15) is 22.4 Å². The summed E-state index contributed by atoms with van der Waals surface area (Å²) in [6, 6.07) is 7.48. The van der Waals surface area contributed by atoms with Crippen LogP contribution in [0.15, 0.2) is 42.7 Å². The van der Waals surface area contributed by atoms with Gasteiger partial charge in [-0.25, -0.2) is 19.2 Å². The first-order chi connectivity index (χ1) is 16.9. The van der Waals surface area contributed by atoms with Crippen molar-refractivity contribution in [3.63, 3.8) is 0 Å². The van der Waals surface area contributed by atoms with Gasteiger partial charge in [-0.1, -0.05) is 12.1 Å². The second-order valence-corrected chi connectivity index (χ2v) is 10.4. The monoisotopic (exact) mass is 505 g/mol. The highest BCUT2D eigenvalue weighted by Gasteiger charge is 2.64. The Hall–Kier alpha value is -3.37. The van der Waals surface area contributed by atoms with Gasteiger partial charge in [0.05, 0.1) is 35.6 Å². The number of amides is 1. The second kappa shape index (κ2) is 8.35. The van der Waals surface area contributed by atoms with E-state index in [1.54, 1.807) is 55.6 Å². The van der Waals surface area contributed by atoms with Crippen LogP contribution in [0.1, 0.15) is 39.2 Å². The summed E-state index contributed by atoms with van der Waals surface area (Å²) in [5.41, 5.74) is -0.801. The number of likely N-dealkylation sites (tertiary alicyclic amines) is 1. The molecule has 0 radical (unpaired) electrons. The van der Waals surface area contributed by atoms with Crippen molar-refractivity contribution in [2.75, 3.05) is 18.4 Å². The summed E-state index contributed by atoms with van der Waals surface area (Å²) >= 11 is 0. The summed E-state index contributed by atoms with van der Waals surface area (Å²) in [5, 5.41) is 3.04. The number of aromatic nitrogens is 3. The van der Waals surface area contributed by atoms with E-state index in [0.29, 0.717) is 22.9 Å². The van der Waals surface area contributed by atoms with Crippen molar-refractivity contribution in [3.8, 4) is 11.4 Å². The molecule has 2 atom stereocenters. The van der Waals surface area contributed by atoms with Crippen LogP contribution in [0, 0.1) is 0 Å². The van der Waals surface area contributed by atoms with E-state index in [4.69, 9.17) is 4.74 Å². The van der Waals surface area contributed by atoms with Crippen LogP contribution in [0.5, 0.6) is 0 Å². The van der Waals surface area contributed by atoms with E-state index in [0.717, 1.165) is 0 Å². The molecule has 7 nitrogen and oxygen atoms in total. The zero-order chi connectivity index (χ0) is 25.9. The molecule has 1 amide bonds. The summed E-state index contributed by atoms with van der Waals surface area (Å²) in [7, 11) is 0. The third-order valence-electron chi connectivity index (χ3n) is 6.60. The Kier molecular flexibility index (Phi) is 5.64. The minimum absolute atomic E-state index is 0.0653. The van der Waals surface area contributed by atoms with E-state index in [1.807, 2.05) is 0 Å². The lowest BCUT2D eigenvalue weighted by atomic mass is 9.97. The smallest absolute Gasteiger partial charge is 0.410 e. The molecule has 1 saturated heterocycles. The van der Waals surface area contributed by atoms with Gasteiger partial charge in [-0.2, -0.15) is 13.2 Å². The molecule has 1 aliphatic heterocycles. The number of halogens is 4. The van der Waals surface area contributed by atoms with Crippen LogP contribution in [0.3, 0.4) is 0 Å². The summed E-state index contributed by atoms with van der Waals surface area (Å²) < 4.78 is 62.6. The molecular formula is C25H27F4N5O2. The van der Waals surface area contributed by atoms with Crippen molar-refractivity contribution >= 4 is 17.6 Å². The van der Waals surface area contributed by atoms with E-state index in [-0.39, 0.29) is 31.5 Å². The van der Waals surface area contributed by atoms with Gasteiger partial charge in [0.2, 0.25) is 0 Å². The molecule has 0 bridgehead atoms. The van der Waals surface area contributed by atoms with Crippen LogP contribution < -0.4 is 5.32 Å². The lowest BCUT2D eigenvalue weighted by Crippen LogP contribution is -2.36. The van der Waals surface area contributed by atoms with Crippen LogP contribution >= 0.6 is 0 Å². The summed E-state index contributed by atoms with van der Waals surface area (Å²) in [5.74, 6) is 0.381. The molecule has 1 aliphatic carbocycles. The van der Waals surface area contributed by atoms with Gasteiger partial charge in [0.25, 0.3) is 0 Å². The van der Waals surface area contributed by atoms with Gasteiger partial charge in [-0.05, 0) is 57.4 Å². The minimum Gasteiger partial charge on any atom is -0.444 e. The van der Waals surface area contributed by atoms with Crippen molar-refractivity contribution in [2.24, 2.45) is 0 Å². The third kappa shape index (κ3) is 4.46. The predicted octanol–water partition coefficient (Wildman–Crippen LogP) is 5.36. The van der Waals surface area contributed by atoms with Gasteiger partial charge in [-0.3, -0.25) is 4.40 Å². The second-order valence-electron chi connectivity index (χ2n) is 10.4. The Morgan fingerprint density at radius 1 is 1.14 bits per heavy atom. The minimum atomic E-state index is -4.32. The molecule has 3 aromatic rings. The summed E-state index contributed by atoms with van der Waals surface area (Å²) in [4.78, 5) is 22.5. The Morgan fingerprint density at radius 3 is 2.56 bits per heavy atom. The van der Waals surface area contributed by atoms with E-state index >= 15 is 0 Å². The van der Waals surface area contributed by atoms with Gasteiger partial charge >= 0.3 is 12.3 Å². The van der Waals surface area contributed by atoms with Gasteiger partial charge in [0.1, 0.15) is 23.2 Å². The zero-order valence-electron chi connectivity index (χ0n) is 20.1. The summed E-state index contributed by atoms with van der Waals surface area (Å²) in [6.07, 6.45) is -3.06. The molecule has 36 heavy (non-hydrogen) atoms. The molecule has 4 heterocycles. The van der Waals surface area contributed by atoms with Gasteiger partial charge < -0.3 is 15.0 Å². The topological polar surface area (TPSA) is 71.8 Å². The fraction of sp³-hybridized carbons (Fsp3) is 0.480. The first kappa shape index (κ1) is 24.3. The molecule has 192 valence electrons. The molecule has 2 fully saturated rings. The number of carbonyl (C=O) groups is 1. The fourth-order valence-corrected chi connectivity index (χ4v) is 4.54. The van der Waals surface area contributed by atoms with Gasteiger partial charge in [0, 0.05) is 12.7 Å². The van der Waals surface area contributed by atoms with Crippen LogP contribution in [0.25, 0.3) is 17.0 Å². The molecule has 3 aromatic heterocycles. The number of rotatable bonds is 4. The third-order valence-corrected chi connectivity index (χ3v) is 6.60. The number of nitrogens with zero attached hydrogens (tertiary/aromatic N) is 4. The molecule has 11 heteroatoms. The highest BCUT2D eigenvalue weighted by atomic mass is 19.4. The summed E-state index contributed by atoms with van der Waals surface area (Å²) in [6.45, 7) is 5.25. The number of imidazole rings is 1. The largest absolute Gasteiger partial charge is 0.444 e. The number of alkyl halides is 4. The Labute approximate surface area is 205 Å². The van der Waals surface area contributed by atoms with Crippen molar-refractivity contribution in [1.82, 2.24) is 19.3 Å². The standard InChI is InChI=1S/C25H27F4N5O2/c1-23(2,3)36-22(35)33-13-16(26)18(14-33)32-20-6-4-5-17(31-20)19-11-30-21-8-7-15(12-34(19)21)24(9-10-24)25(27,28)29/h4-8,11-12,16,18H,9-10,13-14H2,1-3H3,(H,31,32)/t16-,18-/m0/s1. The van der Waals surface area contributed by atoms with Gasteiger partial charge in [-0.15, -0.1) is 0 Å². The Bertz CT molecular complexity index is 1300. The Balaban J connectivity index is 1.37. The van der Waals surface area contributed by atoms with Crippen molar-refractivity contribution < 1.29 is 27.1 Å². The van der Waals surface area contributed by atoms with Gasteiger partial charge in [0.15, 0.2) is 0 Å². The van der Waals surface area contributed by atoms with Crippen LogP contribution in [-0.2, 0) is 10.2 Å². The number of pyridine rings is 2. The normalized spacial score (nSPS) is 21.6. The molecule has 1 N–H and O–H groups in total. The van der Waals surface area contributed by atoms with Crippen LogP contribution in [0.2, 0.25) is 0 Å². The maximum absolute atomic E-state index is 14.7. The number of fused-ring (bicyclic) bond motifs is 1. The molecule has 0 aromatic carbocycles. The number of anilines is 1. The highest BCUT2D eigenvalue weighted by Crippen LogP contribution is 2.58. The molecule has 0 unspecified atom stereocenters. The lowest BCUT2D eigenvalue weighted by molar-refractivity contribution is -0.160. The quantitative estimate of drug-likeness (QED) is 0.484. The van der Waals surface area contributed by atoms with Crippen LogP contribution in [0.4, 0.5) is 28.2 Å². The lowest BCUT2D eigenvalue weighted by Gasteiger charge is -2.24. The molecule has 5 rings (SSSR count).